The zero-order chi connectivity index (χ0) is 22.7. The Labute approximate surface area is 194 Å². The van der Waals surface area contributed by atoms with Crippen molar-refractivity contribution in [2.75, 3.05) is 26.7 Å². The maximum absolute atomic E-state index is 12.4. The molecule has 8 heteroatoms. The number of likely N-dealkylation sites (tertiary alicyclic amines) is 1. The topological polar surface area (TPSA) is 63.8 Å². The number of ether oxygens (including phenoxy) is 1. The van der Waals surface area contributed by atoms with E-state index >= 15 is 0 Å². The van der Waals surface area contributed by atoms with Crippen molar-refractivity contribution in [1.82, 2.24) is 24.4 Å². The van der Waals surface area contributed by atoms with Crippen LogP contribution in [0.3, 0.4) is 0 Å². The molecule has 0 atom stereocenters. The van der Waals surface area contributed by atoms with Gasteiger partial charge in [0.05, 0.1) is 19.3 Å². The van der Waals surface area contributed by atoms with Gasteiger partial charge in [-0.15, -0.1) is 0 Å². The lowest BCUT2D eigenvalue weighted by atomic mass is 9.96. The smallest absolute Gasteiger partial charge is 0.223 e. The number of methoxy groups -OCH3 is 1. The van der Waals surface area contributed by atoms with Crippen LogP contribution < -0.4 is 10.1 Å². The van der Waals surface area contributed by atoms with Gasteiger partial charge in [-0.25, -0.2) is 4.68 Å². The zero-order valence-electron chi connectivity index (χ0n) is 19.3. The van der Waals surface area contributed by atoms with Gasteiger partial charge in [0, 0.05) is 37.0 Å². The number of unbranched alkanes of at least 4 members (excludes halogenated alkanes) is 2. The van der Waals surface area contributed by atoms with E-state index in [2.05, 4.69) is 36.2 Å². The molecular weight excluding hydrogens is 422 g/mol. The van der Waals surface area contributed by atoms with Crippen LogP contribution in [0.5, 0.6) is 5.75 Å². The third-order valence-corrected chi connectivity index (χ3v) is 6.85. The minimum Gasteiger partial charge on any atom is -0.497 e. The van der Waals surface area contributed by atoms with E-state index in [0.29, 0.717) is 11.4 Å². The molecule has 172 valence electrons. The minimum atomic E-state index is 0.112. The van der Waals surface area contributed by atoms with E-state index < -0.39 is 0 Å². The van der Waals surface area contributed by atoms with E-state index in [0.717, 1.165) is 66.8 Å². The monoisotopic (exact) mass is 455 g/mol. The number of piperidine rings is 1. The molecule has 0 aliphatic carbocycles. The number of carbonyl (C=O) groups is 1. The lowest BCUT2D eigenvalue weighted by Crippen LogP contribution is -2.41. The second-order valence-electron chi connectivity index (χ2n) is 8.72. The fourth-order valence-electron chi connectivity index (χ4n) is 4.52. The Balaban J connectivity index is 1.46. The van der Waals surface area contributed by atoms with Crippen LogP contribution >= 0.6 is 12.2 Å². The zero-order valence-corrected chi connectivity index (χ0v) is 20.1. The Hall–Kier alpha value is -2.45. The quantitative estimate of drug-likeness (QED) is 0.405. The van der Waals surface area contributed by atoms with Gasteiger partial charge < -0.3 is 10.1 Å². The van der Waals surface area contributed by atoms with E-state index in [1.165, 1.54) is 12.8 Å². The molecule has 0 unspecified atom stereocenters. The minimum absolute atomic E-state index is 0.112. The average molecular weight is 456 g/mol. The molecule has 32 heavy (non-hydrogen) atoms. The van der Waals surface area contributed by atoms with Crippen LogP contribution in [-0.4, -0.2) is 51.7 Å². The molecular formula is C24H33N5O2S. The van der Waals surface area contributed by atoms with Gasteiger partial charge in [0.1, 0.15) is 5.75 Å². The van der Waals surface area contributed by atoms with Crippen molar-refractivity contribution in [3.8, 4) is 5.75 Å². The van der Waals surface area contributed by atoms with Crippen LogP contribution in [0.2, 0.25) is 0 Å². The second kappa shape index (κ2) is 10.0. The predicted octanol–water partition coefficient (Wildman–Crippen LogP) is 4.31. The summed E-state index contributed by atoms with van der Waals surface area (Å²) in [7, 11) is 1.67. The summed E-state index contributed by atoms with van der Waals surface area (Å²) in [6.45, 7) is 7.44. The number of pyridine rings is 1. The number of rotatable bonds is 8. The first-order valence-corrected chi connectivity index (χ1v) is 12.0. The summed E-state index contributed by atoms with van der Waals surface area (Å²) in [5.41, 5.74) is 3.01. The molecule has 0 spiro atoms. The summed E-state index contributed by atoms with van der Waals surface area (Å²) in [6, 6.07) is 8.14. The van der Waals surface area contributed by atoms with Crippen molar-refractivity contribution in [3.05, 3.63) is 34.6 Å². The fourth-order valence-corrected chi connectivity index (χ4v) is 4.81. The highest BCUT2D eigenvalue weighted by molar-refractivity contribution is 7.71. The molecule has 0 radical (unpaired) electrons. The molecule has 2 aromatic heterocycles. The maximum atomic E-state index is 12.4. The number of benzene rings is 1. The van der Waals surface area contributed by atoms with Gasteiger partial charge in [0.2, 0.25) is 10.7 Å². The highest BCUT2D eigenvalue weighted by Crippen LogP contribution is 2.26. The molecule has 1 amide bonds. The first kappa shape index (κ1) is 22.7. The first-order valence-electron chi connectivity index (χ1n) is 11.6. The number of hydrogen-bond acceptors (Lipinski definition) is 5. The summed E-state index contributed by atoms with van der Waals surface area (Å²) < 4.78 is 10.0. The molecule has 3 heterocycles. The van der Waals surface area contributed by atoms with Crippen LogP contribution in [0.15, 0.2) is 24.3 Å². The normalized spacial score (nSPS) is 15.5. The molecule has 1 fully saturated rings. The second-order valence-corrected chi connectivity index (χ2v) is 9.08. The van der Waals surface area contributed by atoms with Crippen molar-refractivity contribution in [1.29, 1.82) is 0 Å². The van der Waals surface area contributed by atoms with Crippen molar-refractivity contribution < 1.29 is 9.53 Å². The number of fused-ring (bicyclic) bond motifs is 3. The fraction of sp³-hybridized carbons (Fsp3) is 0.542. The molecule has 1 N–H and O–H groups in total. The van der Waals surface area contributed by atoms with Gasteiger partial charge in [-0.1, -0.05) is 19.8 Å². The number of carbonyl (C=O) groups excluding carboxylic acids is 1. The molecule has 0 bridgehead atoms. The molecule has 1 aliphatic heterocycles. The highest BCUT2D eigenvalue weighted by atomic mass is 32.1. The molecule has 7 nitrogen and oxygen atoms in total. The van der Waals surface area contributed by atoms with Gasteiger partial charge in [-0.2, -0.15) is 5.10 Å². The van der Waals surface area contributed by atoms with Crippen LogP contribution in [0.1, 0.15) is 44.6 Å². The Morgan fingerprint density at radius 2 is 2.03 bits per heavy atom. The molecule has 4 rings (SSSR count). The van der Waals surface area contributed by atoms with Gasteiger partial charge in [-0.3, -0.25) is 14.1 Å². The van der Waals surface area contributed by atoms with Gasteiger partial charge >= 0.3 is 0 Å². The number of amides is 1. The van der Waals surface area contributed by atoms with E-state index in [4.69, 9.17) is 22.1 Å². The highest BCUT2D eigenvalue weighted by Gasteiger charge is 2.25. The largest absolute Gasteiger partial charge is 0.497 e. The molecule has 1 saturated heterocycles. The van der Waals surface area contributed by atoms with Gasteiger partial charge in [0.25, 0.3) is 0 Å². The van der Waals surface area contributed by atoms with Crippen LogP contribution in [-0.2, 0) is 11.5 Å². The SMILES string of the molecule is CCCCCNC(=O)C1CCN(Cn2nc3cc(C)c4ccc(OC)cc4n3c2=S)CC1. The first-order chi connectivity index (χ1) is 15.5. The van der Waals surface area contributed by atoms with Crippen molar-refractivity contribution in [3.63, 3.8) is 0 Å². The molecule has 3 aromatic rings. The average Bonchev–Trinajstić information content (AvgIpc) is 3.11. The number of aromatic nitrogens is 3. The summed E-state index contributed by atoms with van der Waals surface area (Å²) in [5, 5.41) is 9.04. The summed E-state index contributed by atoms with van der Waals surface area (Å²) >= 11 is 5.81. The predicted molar refractivity (Wildman–Crippen MR) is 130 cm³/mol. The number of hydrogen-bond donors (Lipinski definition) is 1. The van der Waals surface area contributed by atoms with Crippen LogP contribution in [0.25, 0.3) is 16.6 Å². The Kier molecular flexibility index (Phi) is 7.10. The Morgan fingerprint density at radius 3 is 2.75 bits per heavy atom. The third kappa shape index (κ3) is 4.66. The lowest BCUT2D eigenvalue weighted by Gasteiger charge is -2.30. The van der Waals surface area contributed by atoms with Crippen molar-refractivity contribution in [2.45, 2.75) is 52.6 Å². The lowest BCUT2D eigenvalue weighted by molar-refractivity contribution is -0.126. The number of nitrogens with one attached hydrogen (secondary N) is 1. The summed E-state index contributed by atoms with van der Waals surface area (Å²) in [6.07, 6.45) is 5.15. The van der Waals surface area contributed by atoms with Crippen LogP contribution in [0, 0.1) is 17.6 Å². The van der Waals surface area contributed by atoms with Crippen LogP contribution in [0.4, 0.5) is 0 Å². The van der Waals surface area contributed by atoms with E-state index in [1.807, 2.05) is 21.2 Å². The molecule has 1 aliphatic rings. The molecule has 1 aromatic carbocycles. The summed E-state index contributed by atoms with van der Waals surface area (Å²) in [5.74, 6) is 1.12. The van der Waals surface area contributed by atoms with Gasteiger partial charge in [-0.05, 0) is 62.2 Å². The maximum Gasteiger partial charge on any atom is 0.223 e. The standard InChI is InChI=1S/C24H33N5O2S/c1-4-5-6-11-25-23(30)18-9-12-27(13-10-18)16-28-24(32)29-21-15-19(31-3)7-8-20(21)17(2)14-22(29)26-28/h7-8,14-15,18H,4-6,9-13,16H2,1-3H3,(H,25,30). The number of nitrogens with zero attached hydrogens (tertiary/aromatic N) is 4. The van der Waals surface area contributed by atoms with E-state index in [9.17, 15) is 4.79 Å². The Morgan fingerprint density at radius 1 is 1.25 bits per heavy atom. The summed E-state index contributed by atoms with van der Waals surface area (Å²) in [4.78, 5) is 14.8. The van der Waals surface area contributed by atoms with Gasteiger partial charge in [0.15, 0.2) is 5.65 Å². The van der Waals surface area contributed by atoms with E-state index in [-0.39, 0.29) is 11.8 Å². The number of aryl methyl sites for hydroxylation is 1. The van der Waals surface area contributed by atoms with Crippen molar-refractivity contribution in [2.24, 2.45) is 5.92 Å². The van der Waals surface area contributed by atoms with Crippen molar-refractivity contribution >= 4 is 34.7 Å². The van der Waals surface area contributed by atoms with E-state index in [1.54, 1.807) is 7.11 Å². The third-order valence-electron chi connectivity index (χ3n) is 6.45. The molecule has 0 saturated carbocycles. The Bertz CT molecular complexity index is 1160.